The van der Waals surface area contributed by atoms with Crippen LogP contribution in [0.3, 0.4) is 0 Å². The molecule has 0 aliphatic carbocycles. The van der Waals surface area contributed by atoms with Crippen LogP contribution in [-0.4, -0.2) is 13.7 Å². The molecule has 0 radical (unpaired) electrons. The lowest BCUT2D eigenvalue weighted by atomic mass is 9.98. The zero-order chi connectivity index (χ0) is 14.8. The number of rotatable bonds is 10. The summed E-state index contributed by atoms with van der Waals surface area (Å²) < 4.78 is 19.4. The molecule has 1 N–H and O–H groups in total. The van der Waals surface area contributed by atoms with Crippen LogP contribution in [0.2, 0.25) is 0 Å². The summed E-state index contributed by atoms with van der Waals surface area (Å²) in [7, 11) is 1.59. The van der Waals surface area contributed by atoms with Gasteiger partial charge in [0.15, 0.2) is 0 Å². The van der Waals surface area contributed by atoms with E-state index in [4.69, 9.17) is 4.74 Å². The van der Waals surface area contributed by atoms with E-state index < -0.39 is 0 Å². The highest BCUT2D eigenvalue weighted by molar-refractivity contribution is 5.37. The lowest BCUT2D eigenvalue weighted by molar-refractivity contribution is 0.383. The molecular weight excluding hydrogens is 253 g/mol. The molecule has 1 atom stereocenters. The zero-order valence-corrected chi connectivity index (χ0v) is 12.6. The van der Waals surface area contributed by atoms with Gasteiger partial charge in [-0.25, -0.2) is 4.39 Å². The van der Waals surface area contributed by atoms with Gasteiger partial charge in [0.05, 0.1) is 7.11 Å². The molecular formula is C17H26FNO. The molecule has 0 spiro atoms. The predicted molar refractivity (Wildman–Crippen MR) is 82.7 cm³/mol. The molecule has 1 aromatic carbocycles. The van der Waals surface area contributed by atoms with Crippen molar-refractivity contribution < 1.29 is 9.13 Å². The number of benzene rings is 1. The minimum atomic E-state index is -0.193. The zero-order valence-electron chi connectivity index (χ0n) is 12.6. The Balaban J connectivity index is 2.72. The van der Waals surface area contributed by atoms with Crippen LogP contribution in [0.15, 0.2) is 30.9 Å². The fourth-order valence-electron chi connectivity index (χ4n) is 2.44. The van der Waals surface area contributed by atoms with Crippen LogP contribution >= 0.6 is 0 Å². The topological polar surface area (TPSA) is 21.3 Å². The first kappa shape index (κ1) is 16.7. The van der Waals surface area contributed by atoms with Crippen molar-refractivity contribution in [1.29, 1.82) is 0 Å². The van der Waals surface area contributed by atoms with Gasteiger partial charge in [0, 0.05) is 11.6 Å². The monoisotopic (exact) mass is 279 g/mol. The van der Waals surface area contributed by atoms with E-state index in [1.165, 1.54) is 6.07 Å². The lowest BCUT2D eigenvalue weighted by Gasteiger charge is -2.21. The molecule has 3 heteroatoms. The van der Waals surface area contributed by atoms with Gasteiger partial charge in [0.1, 0.15) is 11.6 Å². The molecule has 2 nitrogen and oxygen atoms in total. The number of halogens is 1. The summed E-state index contributed by atoms with van der Waals surface area (Å²) in [6.45, 7) is 6.58. The van der Waals surface area contributed by atoms with Gasteiger partial charge in [-0.1, -0.05) is 31.9 Å². The Bertz CT molecular complexity index is 406. The van der Waals surface area contributed by atoms with Crippen molar-refractivity contribution in [2.75, 3.05) is 13.7 Å². The number of allylic oxidation sites excluding steroid dienone is 1. The van der Waals surface area contributed by atoms with Gasteiger partial charge in [-0.2, -0.15) is 0 Å². The minimum absolute atomic E-state index is 0.0138. The molecule has 0 aromatic heterocycles. The Labute approximate surface area is 122 Å². The summed E-state index contributed by atoms with van der Waals surface area (Å²) in [6, 6.07) is 5.02. The van der Waals surface area contributed by atoms with E-state index in [0.29, 0.717) is 11.3 Å². The lowest BCUT2D eigenvalue weighted by Crippen LogP contribution is -2.22. The molecule has 1 unspecified atom stereocenters. The summed E-state index contributed by atoms with van der Waals surface area (Å²) >= 11 is 0. The number of hydrogen-bond donors (Lipinski definition) is 1. The van der Waals surface area contributed by atoms with Crippen LogP contribution < -0.4 is 10.1 Å². The van der Waals surface area contributed by atoms with Crippen molar-refractivity contribution in [3.8, 4) is 5.75 Å². The molecule has 0 fully saturated rings. The van der Waals surface area contributed by atoms with Crippen LogP contribution in [0.5, 0.6) is 5.75 Å². The molecule has 0 aliphatic rings. The summed E-state index contributed by atoms with van der Waals surface area (Å²) in [5, 5.41) is 3.37. The van der Waals surface area contributed by atoms with Crippen molar-refractivity contribution in [2.45, 2.75) is 45.1 Å². The molecule has 112 valence electrons. The normalized spacial score (nSPS) is 12.2. The highest BCUT2D eigenvalue weighted by Gasteiger charge is 2.19. The van der Waals surface area contributed by atoms with Crippen LogP contribution in [0, 0.1) is 5.82 Å². The van der Waals surface area contributed by atoms with E-state index in [9.17, 15) is 4.39 Å². The molecule has 1 aromatic rings. The van der Waals surface area contributed by atoms with Crippen LogP contribution in [0.4, 0.5) is 4.39 Å². The van der Waals surface area contributed by atoms with E-state index in [0.717, 1.165) is 38.6 Å². The quantitative estimate of drug-likeness (QED) is 0.498. The summed E-state index contributed by atoms with van der Waals surface area (Å²) in [4.78, 5) is 0. The molecule has 0 aliphatic heterocycles. The number of ether oxygens (including phenoxy) is 1. The third-order valence-electron chi connectivity index (χ3n) is 3.43. The van der Waals surface area contributed by atoms with Gasteiger partial charge in [-0.15, -0.1) is 6.58 Å². The smallest absolute Gasteiger partial charge is 0.131 e. The first-order chi connectivity index (χ1) is 9.74. The van der Waals surface area contributed by atoms with E-state index in [1.54, 1.807) is 13.2 Å². The average molecular weight is 279 g/mol. The first-order valence-electron chi connectivity index (χ1n) is 7.41. The fraction of sp³-hybridized carbons (Fsp3) is 0.529. The van der Waals surface area contributed by atoms with E-state index in [-0.39, 0.29) is 11.9 Å². The summed E-state index contributed by atoms with van der Waals surface area (Å²) in [5.74, 6) is 0.434. The van der Waals surface area contributed by atoms with Crippen molar-refractivity contribution in [2.24, 2.45) is 0 Å². The molecule has 0 amide bonds. The summed E-state index contributed by atoms with van der Waals surface area (Å²) in [5.41, 5.74) is 0.653. The van der Waals surface area contributed by atoms with Gasteiger partial charge >= 0.3 is 0 Å². The fourth-order valence-corrected chi connectivity index (χ4v) is 2.44. The second-order valence-corrected chi connectivity index (χ2v) is 4.89. The Morgan fingerprint density at radius 2 is 2.15 bits per heavy atom. The van der Waals surface area contributed by atoms with Crippen molar-refractivity contribution in [3.63, 3.8) is 0 Å². The maximum absolute atomic E-state index is 14.1. The Morgan fingerprint density at radius 3 is 2.80 bits per heavy atom. The number of unbranched alkanes of at least 4 members (excludes halogenated alkanes) is 3. The largest absolute Gasteiger partial charge is 0.496 e. The summed E-state index contributed by atoms with van der Waals surface area (Å²) in [6.07, 6.45) is 7.28. The van der Waals surface area contributed by atoms with E-state index >= 15 is 0 Å². The highest BCUT2D eigenvalue weighted by Crippen LogP contribution is 2.31. The molecule has 0 saturated carbocycles. The highest BCUT2D eigenvalue weighted by atomic mass is 19.1. The van der Waals surface area contributed by atoms with Crippen LogP contribution in [0.25, 0.3) is 0 Å². The SMILES string of the molecule is C=CCCCCCC(NCC)c1c(F)cccc1OC. The Hall–Kier alpha value is -1.35. The molecule has 1 rings (SSSR count). The van der Waals surface area contributed by atoms with Crippen LogP contribution in [0.1, 0.15) is 50.6 Å². The van der Waals surface area contributed by atoms with Gasteiger partial charge < -0.3 is 10.1 Å². The third-order valence-corrected chi connectivity index (χ3v) is 3.43. The standard InChI is InChI=1S/C17H26FNO/c1-4-6-7-8-9-12-15(19-5-2)17-14(18)11-10-13-16(17)20-3/h4,10-11,13,15,19H,1,5-9,12H2,2-3H3. The number of hydrogen-bond acceptors (Lipinski definition) is 2. The predicted octanol–water partition coefficient (Wildman–Crippen LogP) is 4.62. The van der Waals surface area contributed by atoms with Crippen LogP contribution in [-0.2, 0) is 0 Å². The molecule has 0 saturated heterocycles. The average Bonchev–Trinajstić information content (AvgIpc) is 2.46. The van der Waals surface area contributed by atoms with Gasteiger partial charge in [-0.05, 0) is 37.9 Å². The first-order valence-corrected chi connectivity index (χ1v) is 7.41. The second-order valence-electron chi connectivity index (χ2n) is 4.89. The Morgan fingerprint density at radius 1 is 1.35 bits per heavy atom. The minimum Gasteiger partial charge on any atom is -0.496 e. The number of methoxy groups -OCH3 is 1. The second kappa shape index (κ2) is 9.54. The van der Waals surface area contributed by atoms with E-state index in [2.05, 4.69) is 11.9 Å². The van der Waals surface area contributed by atoms with E-state index in [1.807, 2.05) is 19.1 Å². The van der Waals surface area contributed by atoms with Crippen molar-refractivity contribution in [3.05, 3.63) is 42.2 Å². The third kappa shape index (κ3) is 4.97. The van der Waals surface area contributed by atoms with Crippen molar-refractivity contribution in [1.82, 2.24) is 5.32 Å². The van der Waals surface area contributed by atoms with Gasteiger partial charge in [0.2, 0.25) is 0 Å². The maximum atomic E-state index is 14.1. The van der Waals surface area contributed by atoms with Gasteiger partial charge in [0.25, 0.3) is 0 Å². The maximum Gasteiger partial charge on any atom is 0.131 e. The molecule has 0 bridgehead atoms. The molecule has 0 heterocycles. The van der Waals surface area contributed by atoms with Crippen molar-refractivity contribution >= 4 is 0 Å². The Kier molecular flexibility index (Phi) is 7.97. The molecule has 20 heavy (non-hydrogen) atoms. The van der Waals surface area contributed by atoms with Gasteiger partial charge in [-0.3, -0.25) is 0 Å². The number of nitrogens with one attached hydrogen (secondary N) is 1.